The molecule has 0 amide bonds. The normalized spacial score (nSPS) is 18.0. The van der Waals surface area contributed by atoms with Crippen LogP contribution in [0.15, 0.2) is 30.5 Å². The first-order valence-corrected chi connectivity index (χ1v) is 11.9. The van der Waals surface area contributed by atoms with Gasteiger partial charge in [-0.25, -0.2) is 13.8 Å². The topological polar surface area (TPSA) is 69.9 Å². The summed E-state index contributed by atoms with van der Waals surface area (Å²) in [6.45, 7) is 3.35. The fraction of sp³-hybridized carbons (Fsp3) is 0.444. The lowest BCUT2D eigenvalue weighted by molar-refractivity contribution is -0.146. The van der Waals surface area contributed by atoms with E-state index in [2.05, 4.69) is 4.98 Å². The van der Waals surface area contributed by atoms with Crippen LogP contribution >= 0.6 is 0 Å². The molecule has 186 valence electrons. The Morgan fingerprint density at radius 2 is 1.80 bits per heavy atom. The van der Waals surface area contributed by atoms with Gasteiger partial charge in [-0.15, -0.1) is 0 Å². The molecule has 1 fully saturated rings. The maximum atomic E-state index is 14.0. The number of hydrogen-bond acceptors (Lipinski definition) is 5. The molecule has 0 radical (unpaired) electrons. The molecule has 0 bridgehead atoms. The van der Waals surface area contributed by atoms with Crippen LogP contribution in [0.2, 0.25) is 0 Å². The van der Waals surface area contributed by atoms with Gasteiger partial charge in [0.15, 0.2) is 17.2 Å². The monoisotopic (exact) mass is 484 g/mol. The molecule has 1 aromatic carbocycles. The van der Waals surface area contributed by atoms with Gasteiger partial charge in [0.2, 0.25) is 0 Å². The third-order valence-electron chi connectivity index (χ3n) is 6.86. The Morgan fingerprint density at radius 1 is 1.11 bits per heavy atom. The first kappa shape index (κ1) is 24.8. The maximum absolute atomic E-state index is 14.0. The molecule has 2 aromatic heterocycles. The van der Waals surface area contributed by atoms with Crippen LogP contribution in [-0.4, -0.2) is 28.2 Å². The molecule has 0 aliphatic heterocycles. The van der Waals surface area contributed by atoms with Crippen molar-refractivity contribution in [2.45, 2.75) is 59.0 Å². The fourth-order valence-electron chi connectivity index (χ4n) is 4.93. The van der Waals surface area contributed by atoms with E-state index in [0.29, 0.717) is 35.1 Å². The number of aryl methyl sites for hydroxylation is 2. The minimum Gasteiger partial charge on any atom is -0.485 e. The number of hydrogen-bond donors (Lipinski definition) is 0. The molecule has 0 unspecified atom stereocenters. The Morgan fingerprint density at radius 3 is 2.46 bits per heavy atom. The molecule has 0 N–H and O–H groups in total. The quantitative estimate of drug-likeness (QED) is 0.301. The molecule has 0 saturated heterocycles. The number of Topliss-reactive ketones (excluding diaryl/α,β-unsaturated/α-hetero) is 1. The first-order valence-electron chi connectivity index (χ1n) is 11.9. The number of rotatable bonds is 8. The third kappa shape index (κ3) is 5.36. The predicted molar refractivity (Wildman–Crippen MR) is 126 cm³/mol. The summed E-state index contributed by atoms with van der Waals surface area (Å²) in [7, 11) is 1.42. The van der Waals surface area contributed by atoms with Crippen molar-refractivity contribution in [1.29, 1.82) is 0 Å². The van der Waals surface area contributed by atoms with E-state index in [1.165, 1.54) is 25.3 Å². The van der Waals surface area contributed by atoms with Crippen LogP contribution in [0.5, 0.6) is 5.75 Å². The fourth-order valence-corrected chi connectivity index (χ4v) is 4.93. The summed E-state index contributed by atoms with van der Waals surface area (Å²) in [6, 6.07) is 5.42. The zero-order valence-corrected chi connectivity index (χ0v) is 20.3. The number of imidazole rings is 1. The Kier molecular flexibility index (Phi) is 7.48. The summed E-state index contributed by atoms with van der Waals surface area (Å²) in [6.07, 6.45) is 6.35. The SMILES string of the molecule is COC(=O)C1CCC(CCC(=O)c2c(C)nc3c(OCc4c(F)cccc4F)cc(C)cn23)CC1. The molecule has 6 nitrogen and oxygen atoms in total. The van der Waals surface area contributed by atoms with Crippen LogP contribution in [0.4, 0.5) is 8.78 Å². The average molecular weight is 485 g/mol. The number of fused-ring (bicyclic) bond motifs is 1. The largest absolute Gasteiger partial charge is 0.485 e. The van der Waals surface area contributed by atoms with Gasteiger partial charge in [-0.2, -0.15) is 0 Å². The number of nitrogens with zero attached hydrogens (tertiary/aromatic N) is 2. The van der Waals surface area contributed by atoms with E-state index in [9.17, 15) is 18.4 Å². The molecule has 2 heterocycles. The highest BCUT2D eigenvalue weighted by Gasteiger charge is 2.28. The highest BCUT2D eigenvalue weighted by atomic mass is 19.1. The van der Waals surface area contributed by atoms with Crippen LogP contribution in [0.1, 0.15) is 65.8 Å². The van der Waals surface area contributed by atoms with Crippen molar-refractivity contribution in [3.05, 3.63) is 64.6 Å². The minimum absolute atomic E-state index is 0.0122. The number of aromatic nitrogens is 2. The summed E-state index contributed by atoms with van der Waals surface area (Å²) < 4.78 is 40.4. The minimum atomic E-state index is -0.676. The Hall–Kier alpha value is -3.29. The molecule has 0 spiro atoms. The van der Waals surface area contributed by atoms with Gasteiger partial charge < -0.3 is 9.47 Å². The van der Waals surface area contributed by atoms with Crippen LogP contribution < -0.4 is 4.74 Å². The van der Waals surface area contributed by atoms with Gasteiger partial charge in [0, 0.05) is 12.6 Å². The van der Waals surface area contributed by atoms with Crippen molar-refractivity contribution >= 4 is 17.4 Å². The smallest absolute Gasteiger partial charge is 0.308 e. The second-order valence-corrected chi connectivity index (χ2v) is 9.31. The van der Waals surface area contributed by atoms with Gasteiger partial charge in [-0.05, 0) is 75.6 Å². The maximum Gasteiger partial charge on any atom is 0.308 e. The summed E-state index contributed by atoms with van der Waals surface area (Å²) in [5.41, 5.74) is 2.18. The number of halogens is 2. The lowest BCUT2D eigenvalue weighted by Gasteiger charge is -2.26. The van der Waals surface area contributed by atoms with Crippen LogP contribution in [0, 0.1) is 37.3 Å². The Labute approximate surface area is 203 Å². The van der Waals surface area contributed by atoms with E-state index in [1.54, 1.807) is 17.4 Å². The Balaban J connectivity index is 1.48. The van der Waals surface area contributed by atoms with E-state index in [0.717, 1.165) is 37.7 Å². The number of methoxy groups -OCH3 is 1. The molecular weight excluding hydrogens is 454 g/mol. The predicted octanol–water partition coefficient (Wildman–Crippen LogP) is 5.75. The highest BCUT2D eigenvalue weighted by Crippen LogP contribution is 2.33. The second-order valence-electron chi connectivity index (χ2n) is 9.31. The zero-order chi connectivity index (χ0) is 25.1. The van der Waals surface area contributed by atoms with E-state index in [-0.39, 0.29) is 29.8 Å². The van der Waals surface area contributed by atoms with Gasteiger partial charge in [-0.1, -0.05) is 6.07 Å². The third-order valence-corrected chi connectivity index (χ3v) is 6.86. The molecule has 1 aliphatic carbocycles. The van der Waals surface area contributed by atoms with Crippen LogP contribution in [0.3, 0.4) is 0 Å². The van der Waals surface area contributed by atoms with Crippen molar-refractivity contribution < 1.29 is 27.8 Å². The molecule has 1 aliphatic rings. The lowest BCUT2D eigenvalue weighted by Crippen LogP contribution is -2.23. The van der Waals surface area contributed by atoms with Crippen molar-refractivity contribution in [3.63, 3.8) is 0 Å². The van der Waals surface area contributed by atoms with Crippen LogP contribution in [-0.2, 0) is 16.1 Å². The number of esters is 1. The summed E-state index contributed by atoms with van der Waals surface area (Å²) in [4.78, 5) is 29.5. The Bertz CT molecular complexity index is 1230. The molecular formula is C27H30F2N2O4. The summed E-state index contributed by atoms with van der Waals surface area (Å²) in [5, 5.41) is 0. The van der Waals surface area contributed by atoms with Gasteiger partial charge in [0.25, 0.3) is 0 Å². The van der Waals surface area contributed by atoms with Gasteiger partial charge in [0.05, 0.1) is 24.3 Å². The van der Waals surface area contributed by atoms with Gasteiger partial charge in [-0.3, -0.25) is 14.0 Å². The van der Waals surface area contributed by atoms with E-state index in [1.807, 2.05) is 13.1 Å². The second kappa shape index (κ2) is 10.5. The molecule has 35 heavy (non-hydrogen) atoms. The highest BCUT2D eigenvalue weighted by molar-refractivity contribution is 5.96. The summed E-state index contributed by atoms with van der Waals surface area (Å²) in [5.74, 6) is -0.790. The molecule has 3 aromatic rings. The van der Waals surface area contributed by atoms with E-state index in [4.69, 9.17) is 9.47 Å². The number of ether oxygens (including phenoxy) is 2. The number of carbonyl (C=O) groups excluding carboxylic acids is 2. The number of benzene rings is 1. The standard InChI is InChI=1S/C27H30F2N2O4/c1-16-13-24(35-15-20-21(28)5-4-6-22(20)29)26-30-17(2)25(31(26)14-16)23(32)12-9-18-7-10-19(11-8-18)27(33)34-3/h4-6,13-14,18-19H,7-12,15H2,1-3H3. The van der Waals surface area contributed by atoms with E-state index >= 15 is 0 Å². The van der Waals surface area contributed by atoms with Crippen molar-refractivity contribution in [3.8, 4) is 5.75 Å². The van der Waals surface area contributed by atoms with Crippen molar-refractivity contribution in [1.82, 2.24) is 9.38 Å². The molecule has 4 rings (SSSR count). The number of carbonyl (C=O) groups is 2. The van der Waals surface area contributed by atoms with E-state index < -0.39 is 11.6 Å². The molecule has 0 atom stereocenters. The van der Waals surface area contributed by atoms with Gasteiger partial charge >= 0.3 is 5.97 Å². The number of pyridine rings is 1. The lowest BCUT2D eigenvalue weighted by atomic mass is 9.79. The van der Waals surface area contributed by atoms with Crippen LogP contribution in [0.25, 0.3) is 5.65 Å². The average Bonchev–Trinajstić information content (AvgIpc) is 3.17. The first-order chi connectivity index (χ1) is 16.8. The van der Waals surface area contributed by atoms with Crippen molar-refractivity contribution in [2.24, 2.45) is 11.8 Å². The molecule has 8 heteroatoms. The number of ketones is 1. The zero-order valence-electron chi connectivity index (χ0n) is 20.3. The summed E-state index contributed by atoms with van der Waals surface area (Å²) >= 11 is 0. The molecule has 1 saturated carbocycles. The van der Waals surface area contributed by atoms with Gasteiger partial charge in [0.1, 0.15) is 23.9 Å². The van der Waals surface area contributed by atoms with Crippen molar-refractivity contribution in [2.75, 3.05) is 7.11 Å².